The molecule has 24 heavy (non-hydrogen) atoms. The molecule has 4 aromatic heterocycles. The summed E-state index contributed by atoms with van der Waals surface area (Å²) in [6.45, 7) is 0. The normalized spacial score (nSPS) is 12.4. The molecule has 0 saturated carbocycles. The quantitative estimate of drug-likeness (QED) is 0.403. The van der Waals surface area contributed by atoms with E-state index in [1.54, 1.807) is 11.3 Å². The van der Waals surface area contributed by atoms with Gasteiger partial charge in [0.2, 0.25) is 5.78 Å². The summed E-state index contributed by atoms with van der Waals surface area (Å²) >= 11 is 1.76. The first-order valence-electron chi connectivity index (χ1n) is 7.85. The van der Waals surface area contributed by atoms with Crippen LogP contribution in [0.2, 0.25) is 0 Å². The molecule has 0 fully saturated rings. The predicted octanol–water partition coefficient (Wildman–Crippen LogP) is 4.74. The minimum absolute atomic E-state index is 0.976. The molecule has 0 aliphatic heterocycles. The van der Waals surface area contributed by atoms with E-state index in [1.165, 1.54) is 26.5 Å². The van der Waals surface area contributed by atoms with Crippen molar-refractivity contribution in [2.24, 2.45) is 7.05 Å². The summed E-state index contributed by atoms with van der Waals surface area (Å²) in [5.74, 6) is 0.976. The summed E-state index contributed by atoms with van der Waals surface area (Å²) in [7, 11) is 2.08. The number of aryl methyl sites for hydroxylation is 1. The molecule has 4 nitrogen and oxygen atoms in total. The maximum Gasteiger partial charge on any atom is 0.215 e. The minimum Gasteiger partial charge on any atom is -0.313 e. The van der Waals surface area contributed by atoms with Crippen LogP contribution in [0.1, 0.15) is 0 Å². The lowest BCUT2D eigenvalue weighted by Crippen LogP contribution is -1.87. The van der Waals surface area contributed by atoms with Gasteiger partial charge >= 0.3 is 0 Å². The van der Waals surface area contributed by atoms with Crippen LogP contribution < -0.4 is 0 Å². The molecule has 0 spiro atoms. The van der Waals surface area contributed by atoms with Gasteiger partial charge < -0.3 is 4.57 Å². The predicted molar refractivity (Wildman–Crippen MR) is 99.9 cm³/mol. The number of thiophene rings is 1. The first-order chi connectivity index (χ1) is 11.8. The number of hydrogen-bond donors (Lipinski definition) is 0. The maximum absolute atomic E-state index is 4.83. The molecule has 0 amide bonds. The summed E-state index contributed by atoms with van der Waals surface area (Å²) in [5.41, 5.74) is 4.60. The van der Waals surface area contributed by atoms with E-state index in [0.717, 1.165) is 21.6 Å². The van der Waals surface area contributed by atoms with Crippen molar-refractivity contribution in [3.8, 4) is 0 Å². The van der Waals surface area contributed by atoms with Crippen molar-refractivity contribution in [3.63, 3.8) is 0 Å². The Labute approximate surface area is 140 Å². The van der Waals surface area contributed by atoms with E-state index in [0.29, 0.717) is 0 Å². The Morgan fingerprint density at radius 1 is 0.917 bits per heavy atom. The molecule has 0 aliphatic carbocycles. The summed E-state index contributed by atoms with van der Waals surface area (Å²) in [4.78, 5) is 10.5. The molecule has 114 valence electrons. The molecule has 6 rings (SSSR count). The standard InChI is InChI=1S/C19H12N4S/c1-22-15-9-8-11-12-5-4-10-20-18(12)24-17(11)16(15)23-14-7-3-2-6-13(14)21-19(22)23/h2-10H,1H3. The first-order valence-corrected chi connectivity index (χ1v) is 8.66. The van der Waals surface area contributed by atoms with E-state index in [-0.39, 0.29) is 0 Å². The Morgan fingerprint density at radius 3 is 2.79 bits per heavy atom. The van der Waals surface area contributed by atoms with Crippen LogP contribution in [0.15, 0.2) is 54.7 Å². The molecule has 0 atom stereocenters. The third-order valence-electron chi connectivity index (χ3n) is 4.80. The Hall–Kier alpha value is -2.92. The zero-order chi connectivity index (χ0) is 15.8. The summed E-state index contributed by atoms with van der Waals surface area (Å²) in [6.07, 6.45) is 1.86. The van der Waals surface area contributed by atoms with Crippen molar-refractivity contribution >= 4 is 59.5 Å². The van der Waals surface area contributed by atoms with Crippen LogP contribution in [0.5, 0.6) is 0 Å². The number of rotatable bonds is 0. The third-order valence-corrected chi connectivity index (χ3v) is 5.93. The highest BCUT2D eigenvalue weighted by Crippen LogP contribution is 2.39. The molecule has 6 aromatic rings. The van der Waals surface area contributed by atoms with Gasteiger partial charge in [0.05, 0.1) is 26.8 Å². The number of hydrogen-bond acceptors (Lipinski definition) is 3. The SMILES string of the molecule is Cn1c2ccc3c4cccnc4sc3c2n2c3ccccc3nc12. The first kappa shape index (κ1) is 12.5. The molecule has 2 aromatic carbocycles. The summed E-state index contributed by atoms with van der Waals surface area (Å²) < 4.78 is 5.73. The van der Waals surface area contributed by atoms with Gasteiger partial charge in [-0.25, -0.2) is 9.97 Å². The van der Waals surface area contributed by atoms with Crippen LogP contribution in [0.25, 0.3) is 48.1 Å². The lowest BCUT2D eigenvalue weighted by atomic mass is 10.2. The van der Waals surface area contributed by atoms with Gasteiger partial charge in [0, 0.05) is 24.0 Å². The van der Waals surface area contributed by atoms with E-state index in [1.807, 2.05) is 18.3 Å². The van der Waals surface area contributed by atoms with Gasteiger partial charge in [-0.2, -0.15) is 0 Å². The third kappa shape index (κ3) is 1.35. The fraction of sp³-hybridized carbons (Fsp3) is 0.0526. The number of benzene rings is 2. The van der Waals surface area contributed by atoms with Crippen LogP contribution >= 0.6 is 11.3 Å². The zero-order valence-corrected chi connectivity index (χ0v) is 13.7. The Kier molecular flexibility index (Phi) is 2.15. The second-order valence-corrected chi connectivity index (χ2v) is 7.06. The largest absolute Gasteiger partial charge is 0.313 e. The Balaban J connectivity index is 1.99. The van der Waals surface area contributed by atoms with E-state index in [9.17, 15) is 0 Å². The summed E-state index contributed by atoms with van der Waals surface area (Å²) in [5, 5.41) is 2.49. The van der Waals surface area contributed by atoms with Crippen LogP contribution in [0.3, 0.4) is 0 Å². The summed E-state index contributed by atoms with van der Waals surface area (Å²) in [6, 6.07) is 16.9. The molecular weight excluding hydrogens is 316 g/mol. The van der Waals surface area contributed by atoms with Gasteiger partial charge in [-0.05, 0) is 30.3 Å². The van der Waals surface area contributed by atoms with Crippen LogP contribution in [-0.2, 0) is 7.05 Å². The molecule has 0 unspecified atom stereocenters. The average molecular weight is 328 g/mol. The number of aromatic nitrogens is 4. The molecule has 0 saturated heterocycles. The second kappa shape index (κ2) is 4.13. The van der Waals surface area contributed by atoms with Crippen molar-refractivity contribution in [1.29, 1.82) is 0 Å². The number of nitrogens with zero attached hydrogens (tertiary/aromatic N) is 4. The second-order valence-electron chi connectivity index (χ2n) is 6.06. The van der Waals surface area contributed by atoms with E-state index in [4.69, 9.17) is 4.98 Å². The molecule has 0 N–H and O–H groups in total. The molecule has 0 radical (unpaired) electrons. The van der Waals surface area contributed by atoms with Gasteiger partial charge in [0.1, 0.15) is 4.83 Å². The van der Waals surface area contributed by atoms with Crippen molar-refractivity contribution in [2.45, 2.75) is 0 Å². The smallest absolute Gasteiger partial charge is 0.215 e. The number of pyridine rings is 1. The maximum atomic E-state index is 4.83. The molecule has 4 heterocycles. The van der Waals surface area contributed by atoms with Crippen molar-refractivity contribution in [2.75, 3.05) is 0 Å². The molecular formula is C19H12N4S. The highest BCUT2D eigenvalue weighted by molar-refractivity contribution is 7.26. The van der Waals surface area contributed by atoms with Crippen molar-refractivity contribution < 1.29 is 0 Å². The van der Waals surface area contributed by atoms with Crippen LogP contribution in [0.4, 0.5) is 0 Å². The highest BCUT2D eigenvalue weighted by Gasteiger charge is 2.18. The fourth-order valence-electron chi connectivity index (χ4n) is 3.70. The monoisotopic (exact) mass is 328 g/mol. The fourth-order valence-corrected chi connectivity index (χ4v) is 4.88. The van der Waals surface area contributed by atoms with Gasteiger partial charge in [-0.3, -0.25) is 4.40 Å². The van der Waals surface area contributed by atoms with Gasteiger partial charge in [0.25, 0.3) is 0 Å². The highest BCUT2D eigenvalue weighted by atomic mass is 32.1. The number of fused-ring (bicyclic) bond motifs is 9. The minimum atomic E-state index is 0.976. The van der Waals surface area contributed by atoms with E-state index >= 15 is 0 Å². The van der Waals surface area contributed by atoms with E-state index in [2.05, 4.69) is 57.4 Å². The van der Waals surface area contributed by atoms with Crippen molar-refractivity contribution in [3.05, 3.63) is 54.7 Å². The van der Waals surface area contributed by atoms with Gasteiger partial charge in [0.15, 0.2) is 0 Å². The lowest BCUT2D eigenvalue weighted by Gasteiger charge is -1.98. The molecule has 0 aliphatic rings. The number of para-hydroxylation sites is 2. The molecule has 5 heteroatoms. The van der Waals surface area contributed by atoms with E-state index < -0.39 is 0 Å². The number of imidazole rings is 2. The topological polar surface area (TPSA) is 35.1 Å². The van der Waals surface area contributed by atoms with Crippen molar-refractivity contribution in [1.82, 2.24) is 18.9 Å². The van der Waals surface area contributed by atoms with Gasteiger partial charge in [-0.1, -0.05) is 18.2 Å². The van der Waals surface area contributed by atoms with Gasteiger partial charge in [-0.15, -0.1) is 11.3 Å². The zero-order valence-electron chi connectivity index (χ0n) is 12.9. The Morgan fingerprint density at radius 2 is 1.83 bits per heavy atom. The Bertz CT molecular complexity index is 1420. The lowest BCUT2D eigenvalue weighted by molar-refractivity contribution is 0.974. The average Bonchev–Trinajstić information content (AvgIpc) is 3.25. The van der Waals surface area contributed by atoms with Crippen LogP contribution in [0, 0.1) is 0 Å². The molecule has 0 bridgehead atoms. The van der Waals surface area contributed by atoms with Crippen LogP contribution in [-0.4, -0.2) is 18.9 Å².